The second kappa shape index (κ2) is 4.31. The molecule has 4 heteroatoms. The molecule has 1 heterocycles. The Morgan fingerprint density at radius 2 is 2.13 bits per heavy atom. The van der Waals surface area contributed by atoms with E-state index in [-0.39, 0.29) is 0 Å². The van der Waals surface area contributed by atoms with E-state index in [1.165, 1.54) is 0 Å². The summed E-state index contributed by atoms with van der Waals surface area (Å²) in [6.45, 7) is 2.00. The third-order valence-corrected chi connectivity index (χ3v) is 2.96. The molecule has 3 nitrogen and oxygen atoms in total. The van der Waals surface area contributed by atoms with Crippen LogP contribution in [0.5, 0.6) is 0 Å². The first kappa shape index (κ1) is 9.98. The number of anilines is 1. The molecule has 0 unspecified atom stereocenters. The fourth-order valence-electron chi connectivity index (χ4n) is 1.17. The molecule has 0 radical (unpaired) electrons. The fraction of sp³-hybridized carbons (Fsp3) is 0.0909. The largest absolute Gasteiger partial charge is 0.399 e. The van der Waals surface area contributed by atoms with Gasteiger partial charge in [0.1, 0.15) is 11.4 Å². The van der Waals surface area contributed by atoms with E-state index in [1.54, 1.807) is 24.3 Å². The summed E-state index contributed by atoms with van der Waals surface area (Å²) in [4.78, 5) is 9.16. The summed E-state index contributed by atoms with van der Waals surface area (Å²) in [7, 11) is 0. The van der Waals surface area contributed by atoms with Crippen LogP contribution in [0.15, 0.2) is 46.7 Å². The maximum Gasteiger partial charge on any atom is 0.116 e. The first-order chi connectivity index (χ1) is 7.25. The number of hydrogen-bond donors (Lipinski definition) is 1. The first-order valence-electron chi connectivity index (χ1n) is 4.56. The molecule has 0 aliphatic carbocycles. The van der Waals surface area contributed by atoms with E-state index in [0.717, 1.165) is 21.2 Å². The van der Waals surface area contributed by atoms with Gasteiger partial charge >= 0.3 is 0 Å². The van der Waals surface area contributed by atoms with Gasteiger partial charge in [-0.2, -0.15) is 0 Å². The van der Waals surface area contributed by atoms with Crippen molar-refractivity contribution in [3.63, 3.8) is 0 Å². The van der Waals surface area contributed by atoms with Gasteiger partial charge in [-0.1, -0.05) is 11.8 Å². The molecule has 1 aromatic heterocycles. The van der Waals surface area contributed by atoms with Gasteiger partial charge in [0.2, 0.25) is 0 Å². The Bertz CT molecular complexity index is 457. The second-order valence-electron chi connectivity index (χ2n) is 3.17. The Morgan fingerprint density at radius 3 is 2.80 bits per heavy atom. The van der Waals surface area contributed by atoms with Crippen molar-refractivity contribution in [2.45, 2.75) is 16.8 Å². The Kier molecular flexibility index (Phi) is 2.87. The van der Waals surface area contributed by atoms with E-state index >= 15 is 0 Å². The summed E-state index contributed by atoms with van der Waals surface area (Å²) in [6, 6.07) is 7.85. The zero-order valence-corrected chi connectivity index (χ0v) is 9.16. The fourth-order valence-corrected chi connectivity index (χ4v) is 2.01. The average Bonchev–Trinajstić information content (AvgIpc) is 2.25. The third kappa shape index (κ3) is 2.47. The van der Waals surface area contributed by atoms with Crippen molar-refractivity contribution in [2.75, 3.05) is 5.73 Å². The summed E-state index contributed by atoms with van der Waals surface area (Å²) >= 11 is 1.60. The van der Waals surface area contributed by atoms with Crippen LogP contribution >= 0.6 is 11.8 Å². The molecule has 0 atom stereocenters. The van der Waals surface area contributed by atoms with Crippen molar-refractivity contribution in [3.05, 3.63) is 42.4 Å². The van der Waals surface area contributed by atoms with Crippen molar-refractivity contribution in [3.8, 4) is 0 Å². The first-order valence-corrected chi connectivity index (χ1v) is 5.37. The number of benzene rings is 1. The van der Waals surface area contributed by atoms with Gasteiger partial charge in [-0.05, 0) is 36.8 Å². The quantitative estimate of drug-likeness (QED) is 0.620. The summed E-state index contributed by atoms with van der Waals surface area (Å²) < 4.78 is 0. The zero-order valence-electron chi connectivity index (χ0n) is 8.34. The molecule has 0 saturated heterocycles. The zero-order chi connectivity index (χ0) is 10.7. The highest BCUT2D eigenvalue weighted by Gasteiger charge is 2.00. The predicted octanol–water partition coefficient (Wildman–Crippen LogP) is 2.52. The highest BCUT2D eigenvalue weighted by molar-refractivity contribution is 7.99. The highest BCUT2D eigenvalue weighted by atomic mass is 32.2. The minimum Gasteiger partial charge on any atom is -0.399 e. The van der Waals surface area contributed by atoms with Crippen LogP contribution in [0.4, 0.5) is 5.69 Å². The van der Waals surface area contributed by atoms with Gasteiger partial charge in [-0.25, -0.2) is 9.97 Å². The molecule has 2 aromatic rings. The lowest BCUT2D eigenvalue weighted by Crippen LogP contribution is -1.89. The smallest absolute Gasteiger partial charge is 0.116 e. The summed E-state index contributed by atoms with van der Waals surface area (Å²) in [6.07, 6.45) is 3.28. The number of nitrogen functional groups attached to an aromatic ring is 1. The van der Waals surface area contributed by atoms with Crippen LogP contribution in [0.25, 0.3) is 0 Å². The SMILES string of the molecule is Cc1cc(Sc2ccncn2)ccc1N. The highest BCUT2D eigenvalue weighted by Crippen LogP contribution is 2.27. The third-order valence-electron chi connectivity index (χ3n) is 2.02. The molecule has 1 aromatic carbocycles. The van der Waals surface area contributed by atoms with Crippen LogP contribution in [0.3, 0.4) is 0 Å². The summed E-state index contributed by atoms with van der Waals surface area (Å²) in [5.41, 5.74) is 7.66. The number of nitrogens with two attached hydrogens (primary N) is 1. The molecule has 0 aliphatic heterocycles. The number of aryl methyl sites for hydroxylation is 1. The maximum atomic E-state index is 5.75. The number of rotatable bonds is 2. The molecule has 0 aliphatic rings. The van der Waals surface area contributed by atoms with E-state index in [9.17, 15) is 0 Å². The molecule has 0 bridgehead atoms. The van der Waals surface area contributed by atoms with Crippen molar-refractivity contribution in [1.82, 2.24) is 9.97 Å². The van der Waals surface area contributed by atoms with E-state index < -0.39 is 0 Å². The lowest BCUT2D eigenvalue weighted by molar-refractivity contribution is 1.05. The van der Waals surface area contributed by atoms with Crippen molar-refractivity contribution in [2.24, 2.45) is 0 Å². The minimum atomic E-state index is 0.821. The number of aromatic nitrogens is 2. The van der Waals surface area contributed by atoms with Gasteiger partial charge in [0.05, 0.1) is 0 Å². The standard InChI is InChI=1S/C11H11N3S/c1-8-6-9(2-3-10(8)12)15-11-4-5-13-7-14-11/h2-7H,12H2,1H3. The molecule has 2 N–H and O–H groups in total. The Balaban J connectivity index is 2.22. The molecular formula is C11H11N3S. The van der Waals surface area contributed by atoms with Gasteiger partial charge < -0.3 is 5.73 Å². The topological polar surface area (TPSA) is 51.8 Å². The molecule has 15 heavy (non-hydrogen) atoms. The van der Waals surface area contributed by atoms with E-state index in [1.807, 2.05) is 25.1 Å². The molecule has 0 spiro atoms. The minimum absolute atomic E-state index is 0.821. The lowest BCUT2D eigenvalue weighted by Gasteiger charge is -2.03. The van der Waals surface area contributed by atoms with Crippen LogP contribution in [-0.4, -0.2) is 9.97 Å². The van der Waals surface area contributed by atoms with Crippen LogP contribution in [0, 0.1) is 6.92 Å². The molecule has 76 valence electrons. The Morgan fingerprint density at radius 1 is 1.27 bits per heavy atom. The number of hydrogen-bond acceptors (Lipinski definition) is 4. The van der Waals surface area contributed by atoms with E-state index in [2.05, 4.69) is 16.0 Å². The molecule has 0 saturated carbocycles. The van der Waals surface area contributed by atoms with Crippen molar-refractivity contribution in [1.29, 1.82) is 0 Å². The van der Waals surface area contributed by atoms with Gasteiger partial charge in [-0.15, -0.1) is 0 Å². The summed E-state index contributed by atoms with van der Waals surface area (Å²) in [5, 5.41) is 0.939. The van der Waals surface area contributed by atoms with Gasteiger partial charge in [0.25, 0.3) is 0 Å². The van der Waals surface area contributed by atoms with Crippen LogP contribution in [-0.2, 0) is 0 Å². The van der Waals surface area contributed by atoms with Gasteiger partial charge in [0, 0.05) is 16.8 Å². The normalized spacial score (nSPS) is 10.2. The molecular weight excluding hydrogens is 206 g/mol. The Labute approximate surface area is 92.8 Å². The predicted molar refractivity (Wildman–Crippen MR) is 61.7 cm³/mol. The Hall–Kier alpha value is -1.55. The van der Waals surface area contributed by atoms with Crippen LogP contribution in [0.2, 0.25) is 0 Å². The number of nitrogens with zero attached hydrogens (tertiary/aromatic N) is 2. The van der Waals surface area contributed by atoms with Gasteiger partial charge in [0.15, 0.2) is 0 Å². The van der Waals surface area contributed by atoms with Gasteiger partial charge in [-0.3, -0.25) is 0 Å². The van der Waals surface area contributed by atoms with E-state index in [4.69, 9.17) is 5.73 Å². The molecule has 0 amide bonds. The lowest BCUT2D eigenvalue weighted by atomic mass is 10.2. The van der Waals surface area contributed by atoms with Crippen molar-refractivity contribution >= 4 is 17.4 Å². The van der Waals surface area contributed by atoms with E-state index in [0.29, 0.717) is 0 Å². The average molecular weight is 217 g/mol. The summed E-state index contributed by atoms with van der Waals surface area (Å²) in [5.74, 6) is 0. The van der Waals surface area contributed by atoms with Crippen LogP contribution < -0.4 is 5.73 Å². The molecule has 2 rings (SSSR count). The second-order valence-corrected chi connectivity index (χ2v) is 4.26. The van der Waals surface area contributed by atoms with Crippen molar-refractivity contribution < 1.29 is 0 Å². The molecule has 0 fully saturated rings. The van der Waals surface area contributed by atoms with Crippen LogP contribution in [0.1, 0.15) is 5.56 Å². The maximum absolute atomic E-state index is 5.75. The monoisotopic (exact) mass is 217 g/mol.